The molecule has 5 rings (SSSR count). The Kier molecular flexibility index (Phi) is 5.31. The normalized spacial score (nSPS) is 13.0. The molecule has 0 spiro atoms. The molecule has 33 heavy (non-hydrogen) atoms. The minimum absolute atomic E-state index is 0.0173. The molecule has 166 valence electrons. The first-order valence-corrected chi connectivity index (χ1v) is 11.1. The Morgan fingerprint density at radius 2 is 2.00 bits per heavy atom. The van der Waals surface area contributed by atoms with Crippen molar-refractivity contribution in [2.75, 3.05) is 5.32 Å². The molecule has 0 bridgehead atoms. The van der Waals surface area contributed by atoms with Crippen LogP contribution in [0, 0.1) is 17.0 Å². The van der Waals surface area contributed by atoms with E-state index in [1.165, 1.54) is 23.5 Å². The maximum Gasteiger partial charge on any atom is 0.269 e. The molecule has 2 aromatic carbocycles. The first-order chi connectivity index (χ1) is 16.0. The minimum atomic E-state index is -0.464. The van der Waals surface area contributed by atoms with E-state index in [4.69, 9.17) is 4.52 Å². The Bertz CT molecular complexity index is 1340. The molecule has 2 N–H and O–H groups in total. The van der Waals surface area contributed by atoms with Gasteiger partial charge in [-0.2, -0.15) is 0 Å². The number of carbonyl (C=O) groups excluding carboxylic acids is 1. The van der Waals surface area contributed by atoms with Crippen molar-refractivity contribution in [3.05, 3.63) is 69.1 Å². The molecule has 0 radical (unpaired) electrons. The fraction of sp³-hybridized carbons (Fsp3) is 0.182. The van der Waals surface area contributed by atoms with Crippen molar-refractivity contribution < 1.29 is 14.2 Å². The van der Waals surface area contributed by atoms with Crippen LogP contribution in [0.5, 0.6) is 0 Å². The molecule has 0 atom stereocenters. The number of aryl methyl sites for hydroxylation is 1. The fourth-order valence-electron chi connectivity index (χ4n) is 3.23. The third-order valence-electron chi connectivity index (χ3n) is 5.23. The van der Waals surface area contributed by atoms with Crippen LogP contribution < -0.4 is 10.6 Å². The molecule has 1 fully saturated rings. The lowest BCUT2D eigenvalue weighted by molar-refractivity contribution is -0.384. The first-order valence-electron chi connectivity index (χ1n) is 10.2. The van der Waals surface area contributed by atoms with E-state index in [0.29, 0.717) is 33.4 Å². The van der Waals surface area contributed by atoms with Crippen molar-refractivity contribution in [3.8, 4) is 22.7 Å². The molecule has 0 aliphatic heterocycles. The average Bonchev–Trinajstić information content (AvgIpc) is 3.29. The second-order valence-corrected chi connectivity index (χ2v) is 8.55. The Balaban J connectivity index is 1.37. The van der Waals surface area contributed by atoms with Gasteiger partial charge in [0.25, 0.3) is 11.6 Å². The number of thiazole rings is 1. The van der Waals surface area contributed by atoms with E-state index >= 15 is 0 Å². The van der Waals surface area contributed by atoms with E-state index < -0.39 is 4.92 Å². The Labute approximate surface area is 191 Å². The van der Waals surface area contributed by atoms with E-state index in [0.717, 1.165) is 24.1 Å². The highest BCUT2D eigenvalue weighted by molar-refractivity contribution is 7.14. The number of nitrogens with zero attached hydrogens (tertiary/aromatic N) is 4. The van der Waals surface area contributed by atoms with Gasteiger partial charge in [-0.3, -0.25) is 14.9 Å². The van der Waals surface area contributed by atoms with E-state index in [-0.39, 0.29) is 17.6 Å². The number of anilines is 2. The topological polar surface area (TPSA) is 136 Å². The standard InChI is InChI=1S/C22H18N6O4S/c1-12-2-3-14(21(29)23-15-6-7-15)10-17(12)24-22-25-18(11-33-22)19-20(32-27-26-19)13-4-8-16(9-5-13)28(30)31/h2-5,8-11,15H,6-7H2,1H3,(H,23,29)(H,24,25). The SMILES string of the molecule is Cc1ccc(C(=O)NC2CC2)cc1Nc1nc(-c2nnoc2-c2ccc([N+](=O)[O-])cc2)cs1. The summed E-state index contributed by atoms with van der Waals surface area (Å²) in [7, 11) is 0. The number of benzene rings is 2. The molecule has 0 unspecified atom stereocenters. The van der Waals surface area contributed by atoms with Crippen LogP contribution in [0.1, 0.15) is 28.8 Å². The number of hydrogen-bond acceptors (Lipinski definition) is 9. The third kappa shape index (κ3) is 4.44. The van der Waals surface area contributed by atoms with Crippen molar-refractivity contribution in [1.29, 1.82) is 0 Å². The molecular formula is C22H18N6O4S. The van der Waals surface area contributed by atoms with Crippen LogP contribution in [-0.4, -0.2) is 32.2 Å². The van der Waals surface area contributed by atoms with E-state index in [9.17, 15) is 14.9 Å². The van der Waals surface area contributed by atoms with Crippen LogP contribution in [-0.2, 0) is 0 Å². The molecule has 2 heterocycles. The lowest BCUT2D eigenvalue weighted by atomic mass is 10.1. The van der Waals surface area contributed by atoms with Crippen molar-refractivity contribution >= 4 is 33.8 Å². The highest BCUT2D eigenvalue weighted by Crippen LogP contribution is 2.34. The molecule has 1 aliphatic carbocycles. The smallest absolute Gasteiger partial charge is 0.269 e. The number of amides is 1. The number of rotatable bonds is 7. The number of nitro groups is 1. The molecule has 10 nitrogen and oxygen atoms in total. The van der Waals surface area contributed by atoms with Crippen LogP contribution in [0.15, 0.2) is 52.4 Å². The van der Waals surface area contributed by atoms with E-state index in [1.807, 2.05) is 30.5 Å². The lowest BCUT2D eigenvalue weighted by Gasteiger charge is -2.10. The van der Waals surface area contributed by atoms with E-state index in [2.05, 4.69) is 26.0 Å². The molecule has 2 aromatic heterocycles. The van der Waals surface area contributed by atoms with Crippen LogP contribution in [0.4, 0.5) is 16.5 Å². The van der Waals surface area contributed by atoms with Crippen LogP contribution >= 0.6 is 11.3 Å². The first kappa shape index (κ1) is 20.8. The Morgan fingerprint density at radius 1 is 1.21 bits per heavy atom. The maximum absolute atomic E-state index is 12.4. The van der Waals surface area contributed by atoms with Gasteiger partial charge in [0.1, 0.15) is 5.69 Å². The van der Waals surface area contributed by atoms with Gasteiger partial charge in [0, 0.05) is 45.6 Å². The minimum Gasteiger partial charge on any atom is -0.349 e. The van der Waals surface area contributed by atoms with Crippen molar-refractivity contribution in [3.63, 3.8) is 0 Å². The second kappa shape index (κ2) is 8.43. The van der Waals surface area contributed by atoms with Gasteiger partial charge in [-0.15, -0.1) is 16.4 Å². The zero-order valence-corrected chi connectivity index (χ0v) is 18.3. The summed E-state index contributed by atoms with van der Waals surface area (Å²) >= 11 is 1.37. The van der Waals surface area contributed by atoms with Gasteiger partial charge in [-0.05, 0) is 49.6 Å². The average molecular weight is 462 g/mol. The number of nitrogens with one attached hydrogen (secondary N) is 2. The molecule has 4 aromatic rings. The molecule has 1 amide bonds. The fourth-order valence-corrected chi connectivity index (χ4v) is 3.94. The van der Waals surface area contributed by atoms with E-state index in [1.54, 1.807) is 12.1 Å². The van der Waals surface area contributed by atoms with Gasteiger partial charge in [0.2, 0.25) is 0 Å². The van der Waals surface area contributed by atoms with Crippen LogP contribution in [0.2, 0.25) is 0 Å². The van der Waals surface area contributed by atoms with Crippen LogP contribution in [0.3, 0.4) is 0 Å². The lowest BCUT2D eigenvalue weighted by Crippen LogP contribution is -2.25. The number of non-ortho nitro benzene ring substituents is 1. The van der Waals surface area contributed by atoms with Crippen molar-refractivity contribution in [2.45, 2.75) is 25.8 Å². The summed E-state index contributed by atoms with van der Waals surface area (Å²) in [5.74, 6) is 0.290. The summed E-state index contributed by atoms with van der Waals surface area (Å²) in [6, 6.07) is 11.8. The third-order valence-corrected chi connectivity index (χ3v) is 5.99. The largest absolute Gasteiger partial charge is 0.349 e. The van der Waals surface area contributed by atoms with Gasteiger partial charge < -0.3 is 15.2 Å². The summed E-state index contributed by atoms with van der Waals surface area (Å²) in [5, 5.41) is 27.3. The summed E-state index contributed by atoms with van der Waals surface area (Å²) in [6.07, 6.45) is 2.06. The highest BCUT2D eigenvalue weighted by Gasteiger charge is 2.24. The Hall–Kier alpha value is -4.12. The molecule has 1 aliphatic rings. The number of carbonyl (C=O) groups is 1. The monoisotopic (exact) mass is 462 g/mol. The summed E-state index contributed by atoms with van der Waals surface area (Å²) in [4.78, 5) is 27.4. The summed E-state index contributed by atoms with van der Waals surface area (Å²) in [6.45, 7) is 1.95. The molecule has 11 heteroatoms. The summed E-state index contributed by atoms with van der Waals surface area (Å²) < 4.78 is 5.30. The predicted octanol–water partition coefficient (Wildman–Crippen LogP) is 4.71. The van der Waals surface area contributed by atoms with Crippen molar-refractivity contribution in [2.24, 2.45) is 0 Å². The van der Waals surface area contributed by atoms with Crippen molar-refractivity contribution in [1.82, 2.24) is 20.7 Å². The number of hydrogen-bond donors (Lipinski definition) is 2. The molecule has 0 saturated heterocycles. The van der Waals surface area contributed by atoms with Gasteiger partial charge in [-0.25, -0.2) is 4.98 Å². The highest BCUT2D eigenvalue weighted by atomic mass is 32.1. The zero-order chi connectivity index (χ0) is 22.9. The molecular weight excluding hydrogens is 444 g/mol. The maximum atomic E-state index is 12.4. The predicted molar refractivity (Wildman–Crippen MR) is 122 cm³/mol. The number of aromatic nitrogens is 3. The van der Waals surface area contributed by atoms with Gasteiger partial charge in [0.05, 0.1) is 4.92 Å². The van der Waals surface area contributed by atoms with Gasteiger partial charge in [-0.1, -0.05) is 6.07 Å². The Morgan fingerprint density at radius 3 is 2.73 bits per heavy atom. The molecule has 1 saturated carbocycles. The quantitative estimate of drug-likeness (QED) is 0.298. The summed E-state index contributed by atoms with van der Waals surface area (Å²) in [5.41, 5.74) is 3.93. The number of nitro benzene ring substituents is 1. The van der Waals surface area contributed by atoms with Gasteiger partial charge in [0.15, 0.2) is 16.6 Å². The zero-order valence-electron chi connectivity index (χ0n) is 17.4. The second-order valence-electron chi connectivity index (χ2n) is 7.69. The van der Waals surface area contributed by atoms with Crippen LogP contribution in [0.25, 0.3) is 22.7 Å². The van der Waals surface area contributed by atoms with Gasteiger partial charge >= 0.3 is 0 Å².